The van der Waals surface area contributed by atoms with E-state index in [0.717, 1.165) is 23.4 Å². The molecule has 0 saturated carbocycles. The van der Waals surface area contributed by atoms with E-state index in [9.17, 15) is 9.59 Å². The van der Waals surface area contributed by atoms with Gasteiger partial charge in [0.2, 0.25) is 5.91 Å². The Balaban J connectivity index is 1.20. The summed E-state index contributed by atoms with van der Waals surface area (Å²) in [5, 5.41) is 10.9. The highest BCUT2D eigenvalue weighted by Gasteiger charge is 2.12. The van der Waals surface area contributed by atoms with E-state index in [4.69, 9.17) is 0 Å². The van der Waals surface area contributed by atoms with Crippen LogP contribution >= 0.6 is 34.0 Å². The first kappa shape index (κ1) is 19.7. The molecule has 148 valence electrons. The van der Waals surface area contributed by atoms with Gasteiger partial charge < -0.3 is 5.32 Å². The van der Waals surface area contributed by atoms with Crippen LogP contribution in [0, 0.1) is 0 Å². The molecule has 3 heterocycles. The molecule has 4 rings (SSSR count). The van der Waals surface area contributed by atoms with Gasteiger partial charge in [0.1, 0.15) is 0 Å². The molecule has 0 bridgehead atoms. The fourth-order valence-electron chi connectivity index (χ4n) is 2.73. The summed E-state index contributed by atoms with van der Waals surface area (Å²) in [4.78, 5) is 33.7. The van der Waals surface area contributed by atoms with Crippen molar-refractivity contribution in [2.75, 3.05) is 11.9 Å². The van der Waals surface area contributed by atoms with Gasteiger partial charge in [0.25, 0.3) is 5.91 Å². The number of aryl methyl sites for hydroxylation is 1. The van der Waals surface area contributed by atoms with E-state index in [-0.39, 0.29) is 18.2 Å². The molecule has 0 atom stereocenters. The monoisotopic (exact) mass is 442 g/mol. The lowest BCUT2D eigenvalue weighted by Gasteiger charge is -2.03. The molecule has 0 aliphatic heterocycles. The van der Waals surface area contributed by atoms with Crippen LogP contribution in [0.3, 0.4) is 0 Å². The number of carbonyl (C=O) groups excluding carboxylic acids is 2. The van der Waals surface area contributed by atoms with Crippen LogP contribution in [0.2, 0.25) is 0 Å². The van der Waals surface area contributed by atoms with Gasteiger partial charge in [-0.25, -0.2) is 9.97 Å². The Morgan fingerprint density at radius 2 is 1.93 bits per heavy atom. The Kier molecular flexibility index (Phi) is 6.28. The Morgan fingerprint density at radius 3 is 2.76 bits per heavy atom. The Morgan fingerprint density at radius 1 is 1.03 bits per heavy atom. The lowest BCUT2D eigenvalue weighted by Crippen LogP contribution is -2.26. The number of aromatic nitrogens is 2. The zero-order valence-corrected chi connectivity index (χ0v) is 17.8. The van der Waals surface area contributed by atoms with Crippen LogP contribution in [0.4, 0.5) is 5.13 Å². The Labute approximate surface area is 179 Å². The summed E-state index contributed by atoms with van der Waals surface area (Å²) in [5.74, 6) is -0.254. The SMILES string of the molecule is O=C(Cc1csc(NC(=O)c2cccs2)n1)NCCCc1nc2ccccc2s1. The second-order valence-electron chi connectivity index (χ2n) is 6.28. The summed E-state index contributed by atoms with van der Waals surface area (Å²) in [5.41, 5.74) is 1.68. The van der Waals surface area contributed by atoms with E-state index >= 15 is 0 Å². The van der Waals surface area contributed by atoms with Gasteiger partial charge in [-0.05, 0) is 30.0 Å². The van der Waals surface area contributed by atoms with Crippen LogP contribution < -0.4 is 10.6 Å². The molecule has 0 unspecified atom stereocenters. The molecule has 0 fully saturated rings. The van der Waals surface area contributed by atoms with Gasteiger partial charge in [0.15, 0.2) is 5.13 Å². The normalized spacial score (nSPS) is 10.9. The van der Waals surface area contributed by atoms with Crippen molar-refractivity contribution in [2.24, 2.45) is 0 Å². The first-order chi connectivity index (χ1) is 14.2. The molecule has 2 N–H and O–H groups in total. The Hall–Kier alpha value is -2.62. The maximum Gasteiger partial charge on any atom is 0.267 e. The van der Waals surface area contributed by atoms with Crippen molar-refractivity contribution < 1.29 is 9.59 Å². The highest BCUT2D eigenvalue weighted by Crippen LogP contribution is 2.22. The molecule has 6 nitrogen and oxygen atoms in total. The second kappa shape index (κ2) is 9.25. The van der Waals surface area contributed by atoms with E-state index in [1.807, 2.05) is 29.6 Å². The quantitative estimate of drug-likeness (QED) is 0.397. The molecule has 0 radical (unpaired) electrons. The van der Waals surface area contributed by atoms with Crippen LogP contribution in [-0.2, 0) is 17.6 Å². The number of hydrogen-bond donors (Lipinski definition) is 2. The number of carbonyl (C=O) groups is 2. The van der Waals surface area contributed by atoms with Crippen molar-refractivity contribution in [3.05, 3.63) is 62.7 Å². The van der Waals surface area contributed by atoms with E-state index in [0.29, 0.717) is 22.2 Å². The van der Waals surface area contributed by atoms with Crippen molar-refractivity contribution >= 4 is 61.2 Å². The maximum absolute atomic E-state index is 12.1. The van der Waals surface area contributed by atoms with E-state index in [2.05, 4.69) is 26.7 Å². The first-order valence-corrected chi connectivity index (χ1v) is 11.7. The summed E-state index contributed by atoms with van der Waals surface area (Å²) < 4.78 is 1.19. The zero-order valence-electron chi connectivity index (χ0n) is 15.4. The average molecular weight is 443 g/mol. The summed E-state index contributed by atoms with van der Waals surface area (Å²) in [6.07, 6.45) is 1.88. The largest absolute Gasteiger partial charge is 0.356 e. The smallest absolute Gasteiger partial charge is 0.267 e. The van der Waals surface area contributed by atoms with Crippen molar-refractivity contribution in [2.45, 2.75) is 19.3 Å². The molecule has 3 aromatic heterocycles. The molecule has 0 spiro atoms. The zero-order chi connectivity index (χ0) is 20.1. The van der Waals surface area contributed by atoms with Crippen molar-refractivity contribution in [1.82, 2.24) is 15.3 Å². The minimum Gasteiger partial charge on any atom is -0.356 e. The molecule has 0 saturated heterocycles. The van der Waals surface area contributed by atoms with Crippen LogP contribution in [0.5, 0.6) is 0 Å². The van der Waals surface area contributed by atoms with Crippen LogP contribution in [-0.4, -0.2) is 28.3 Å². The van der Waals surface area contributed by atoms with Crippen LogP contribution in [0.25, 0.3) is 10.2 Å². The third kappa shape index (κ3) is 5.26. The van der Waals surface area contributed by atoms with Crippen LogP contribution in [0.1, 0.15) is 26.8 Å². The fourth-order valence-corrected chi connectivity index (χ4v) is 5.07. The Bertz CT molecular complexity index is 1080. The van der Waals surface area contributed by atoms with Crippen molar-refractivity contribution in [3.63, 3.8) is 0 Å². The van der Waals surface area contributed by atoms with Gasteiger partial charge >= 0.3 is 0 Å². The molecule has 29 heavy (non-hydrogen) atoms. The topological polar surface area (TPSA) is 84.0 Å². The highest BCUT2D eigenvalue weighted by molar-refractivity contribution is 7.18. The maximum atomic E-state index is 12.1. The minimum absolute atomic E-state index is 0.0734. The fraction of sp³-hybridized carbons (Fsp3) is 0.200. The standard InChI is InChI=1S/C20H18N4O2S3/c25-17(21-9-3-8-18-23-14-5-1-2-6-15(14)29-18)11-13-12-28-20(22-13)24-19(26)16-7-4-10-27-16/h1-2,4-7,10,12H,3,8-9,11H2,(H,21,25)(H,22,24,26). The highest BCUT2D eigenvalue weighted by atomic mass is 32.1. The molecule has 2 amide bonds. The first-order valence-electron chi connectivity index (χ1n) is 9.08. The van der Waals surface area contributed by atoms with Gasteiger partial charge in [-0.15, -0.1) is 34.0 Å². The third-order valence-corrected chi connectivity index (χ3v) is 6.86. The summed E-state index contributed by atoms with van der Waals surface area (Å²) >= 11 is 4.39. The number of anilines is 1. The number of para-hydroxylation sites is 1. The molecule has 0 aliphatic carbocycles. The van der Waals surface area contributed by atoms with Crippen molar-refractivity contribution in [3.8, 4) is 0 Å². The lowest BCUT2D eigenvalue weighted by molar-refractivity contribution is -0.120. The van der Waals surface area contributed by atoms with Gasteiger partial charge in [-0.2, -0.15) is 0 Å². The van der Waals surface area contributed by atoms with E-state index < -0.39 is 0 Å². The number of fused-ring (bicyclic) bond motifs is 1. The lowest BCUT2D eigenvalue weighted by atomic mass is 10.3. The number of thiazole rings is 2. The third-order valence-electron chi connectivity index (χ3n) is 4.09. The predicted molar refractivity (Wildman–Crippen MR) is 119 cm³/mol. The number of rotatable bonds is 8. The average Bonchev–Trinajstić information content (AvgIpc) is 3.45. The van der Waals surface area contributed by atoms with Gasteiger partial charge in [-0.1, -0.05) is 18.2 Å². The second-order valence-corrected chi connectivity index (χ2v) is 9.20. The number of benzene rings is 1. The number of thiophene rings is 1. The number of amides is 2. The molecule has 0 aliphatic rings. The minimum atomic E-state index is -0.180. The number of hydrogen-bond acceptors (Lipinski definition) is 7. The van der Waals surface area contributed by atoms with E-state index in [1.165, 1.54) is 27.4 Å². The molecular weight excluding hydrogens is 424 g/mol. The van der Waals surface area contributed by atoms with E-state index in [1.54, 1.807) is 22.8 Å². The van der Waals surface area contributed by atoms with Crippen LogP contribution in [0.15, 0.2) is 47.2 Å². The number of nitrogens with one attached hydrogen (secondary N) is 2. The summed E-state index contributed by atoms with van der Waals surface area (Å²) in [6.45, 7) is 0.598. The predicted octanol–water partition coefficient (Wildman–Crippen LogP) is 4.36. The number of nitrogens with zero attached hydrogens (tertiary/aromatic N) is 2. The summed E-state index contributed by atoms with van der Waals surface area (Å²) in [7, 11) is 0. The molecular formula is C20H18N4O2S3. The summed E-state index contributed by atoms with van der Waals surface area (Å²) in [6, 6.07) is 11.7. The van der Waals surface area contributed by atoms with Crippen molar-refractivity contribution in [1.29, 1.82) is 0 Å². The molecule has 4 aromatic rings. The molecule has 1 aromatic carbocycles. The van der Waals surface area contributed by atoms with Gasteiger partial charge in [0.05, 0.1) is 32.2 Å². The van der Waals surface area contributed by atoms with Gasteiger partial charge in [0, 0.05) is 18.3 Å². The van der Waals surface area contributed by atoms with Gasteiger partial charge in [-0.3, -0.25) is 14.9 Å². The molecule has 9 heteroatoms.